The Hall–Kier alpha value is -2.99. The number of halogens is 2. The smallest absolute Gasteiger partial charge is 0.270 e. The lowest BCUT2D eigenvalue weighted by atomic mass is 9.87. The van der Waals surface area contributed by atoms with Crippen molar-refractivity contribution in [2.24, 2.45) is 16.5 Å². The minimum Gasteiger partial charge on any atom is -0.364 e. The van der Waals surface area contributed by atoms with Gasteiger partial charge in [0.1, 0.15) is 4.83 Å². The van der Waals surface area contributed by atoms with Crippen molar-refractivity contribution < 1.29 is 13.6 Å². The van der Waals surface area contributed by atoms with E-state index in [9.17, 15) is 13.6 Å². The van der Waals surface area contributed by atoms with Crippen molar-refractivity contribution in [1.82, 2.24) is 10.3 Å². The number of aliphatic imine (C=N–C) groups is 1. The molecule has 0 spiro atoms. The first-order valence-corrected chi connectivity index (χ1v) is 9.62. The lowest BCUT2D eigenvalue weighted by Gasteiger charge is -2.35. The van der Waals surface area contributed by atoms with Gasteiger partial charge in [-0.1, -0.05) is 0 Å². The number of carbonyl (C=O) groups excluding carboxylic acids is 1. The van der Waals surface area contributed by atoms with Crippen LogP contribution in [0.3, 0.4) is 0 Å². The number of hydrogen-bond acceptors (Lipinski definition) is 6. The van der Waals surface area contributed by atoms with Gasteiger partial charge in [-0.3, -0.25) is 15.6 Å². The molecular weight excluding hydrogens is 402 g/mol. The molecule has 0 unspecified atom stereocenters. The molecule has 12 heteroatoms. The van der Waals surface area contributed by atoms with Crippen LogP contribution in [0.5, 0.6) is 0 Å². The number of primary amides is 1. The van der Waals surface area contributed by atoms with Gasteiger partial charge < -0.3 is 22.1 Å². The van der Waals surface area contributed by atoms with Gasteiger partial charge in [-0.05, 0) is 25.0 Å². The van der Waals surface area contributed by atoms with Gasteiger partial charge in [-0.2, -0.15) is 4.99 Å². The average Bonchev–Trinajstić information content (AvgIpc) is 3.07. The maximum atomic E-state index is 13.8. The van der Waals surface area contributed by atoms with Gasteiger partial charge in [0, 0.05) is 29.4 Å². The molecule has 2 aromatic rings. The van der Waals surface area contributed by atoms with Crippen LogP contribution >= 0.6 is 11.3 Å². The number of nitrogens with zero attached hydrogens (tertiary/aromatic N) is 2. The van der Waals surface area contributed by atoms with Crippen LogP contribution in [-0.4, -0.2) is 46.4 Å². The normalized spacial score (nSPS) is 21.6. The van der Waals surface area contributed by atoms with Crippen LogP contribution < -0.4 is 22.1 Å². The standard InChI is InChI=1S/C17H20F2N8OS/c18-17(19)5-1-4-9(12(17)21)26-16(23)27-14(11(20)13(22)28)25-10-7-29-15-8(10)3-2-6-24-15/h2-3,6-7,9,12,20H,1,4-5,21H2,(H2,22,28)(H3,23,25,26,27)/t9-,12-/m1/s1. The molecule has 1 saturated carbocycles. The van der Waals surface area contributed by atoms with Gasteiger partial charge in [0.15, 0.2) is 11.5 Å². The van der Waals surface area contributed by atoms with Gasteiger partial charge in [-0.15, -0.1) is 11.3 Å². The second-order valence-electron chi connectivity index (χ2n) is 6.61. The summed E-state index contributed by atoms with van der Waals surface area (Å²) in [6.45, 7) is 0. The highest BCUT2D eigenvalue weighted by atomic mass is 32.1. The SMILES string of the molecule is N=C(/N=C(/Nc1csc2ncccc12)C(=N)C(N)=O)N[C@@H]1CCCC(F)(F)[C@@H]1N. The van der Waals surface area contributed by atoms with E-state index >= 15 is 0 Å². The number of anilines is 1. The monoisotopic (exact) mass is 422 g/mol. The van der Waals surface area contributed by atoms with Crippen LogP contribution in [0.4, 0.5) is 14.5 Å². The molecule has 0 aromatic carbocycles. The summed E-state index contributed by atoms with van der Waals surface area (Å²) in [7, 11) is 0. The number of carbonyl (C=O) groups is 1. The maximum Gasteiger partial charge on any atom is 0.270 e. The fraction of sp³-hybridized carbons (Fsp3) is 0.353. The number of nitrogens with one attached hydrogen (secondary N) is 4. The molecule has 2 aromatic heterocycles. The number of rotatable bonds is 4. The van der Waals surface area contributed by atoms with E-state index in [4.69, 9.17) is 22.3 Å². The summed E-state index contributed by atoms with van der Waals surface area (Å²) in [5.74, 6) is -4.88. The Morgan fingerprint density at radius 2 is 2.17 bits per heavy atom. The van der Waals surface area contributed by atoms with Crippen LogP contribution in [0.1, 0.15) is 19.3 Å². The third-order valence-electron chi connectivity index (χ3n) is 4.58. The van der Waals surface area contributed by atoms with Crippen molar-refractivity contribution >= 4 is 50.7 Å². The highest BCUT2D eigenvalue weighted by Crippen LogP contribution is 2.32. The van der Waals surface area contributed by atoms with Gasteiger partial charge in [-0.25, -0.2) is 13.8 Å². The van der Waals surface area contributed by atoms with Crippen LogP contribution in [0.25, 0.3) is 10.2 Å². The fourth-order valence-electron chi connectivity index (χ4n) is 3.04. The number of thiophene rings is 1. The van der Waals surface area contributed by atoms with Gasteiger partial charge in [0.05, 0.1) is 11.7 Å². The molecule has 1 aliphatic carbocycles. The Kier molecular flexibility index (Phi) is 5.84. The molecule has 0 saturated heterocycles. The zero-order valence-electron chi connectivity index (χ0n) is 15.2. The van der Waals surface area contributed by atoms with Crippen molar-refractivity contribution in [3.63, 3.8) is 0 Å². The second-order valence-corrected chi connectivity index (χ2v) is 7.47. The summed E-state index contributed by atoms with van der Waals surface area (Å²) in [5.41, 5.74) is 10.7. The Labute approximate surface area is 168 Å². The largest absolute Gasteiger partial charge is 0.364 e. The number of nitrogens with two attached hydrogens (primary N) is 2. The van der Waals surface area contributed by atoms with Crippen LogP contribution in [-0.2, 0) is 4.79 Å². The van der Waals surface area contributed by atoms with Crippen LogP contribution in [0.2, 0.25) is 0 Å². The lowest BCUT2D eigenvalue weighted by molar-refractivity contribution is -0.111. The third kappa shape index (κ3) is 4.54. The topological polar surface area (TPSA) is 166 Å². The molecule has 154 valence electrons. The summed E-state index contributed by atoms with van der Waals surface area (Å²) in [6.07, 6.45) is 1.93. The summed E-state index contributed by atoms with van der Waals surface area (Å²) < 4.78 is 27.6. The molecule has 2 atom stereocenters. The van der Waals surface area contributed by atoms with Crippen molar-refractivity contribution in [1.29, 1.82) is 10.8 Å². The number of hydrogen-bond donors (Lipinski definition) is 6. The van der Waals surface area contributed by atoms with E-state index in [1.54, 1.807) is 23.7 Å². The molecule has 1 aliphatic rings. The van der Waals surface area contributed by atoms with E-state index in [2.05, 4.69) is 20.6 Å². The molecule has 0 bridgehead atoms. The van der Waals surface area contributed by atoms with E-state index in [0.717, 1.165) is 10.2 Å². The summed E-state index contributed by atoms with van der Waals surface area (Å²) in [5, 5.41) is 23.7. The lowest BCUT2D eigenvalue weighted by Crippen LogP contribution is -2.58. The molecule has 2 heterocycles. The van der Waals surface area contributed by atoms with E-state index in [0.29, 0.717) is 12.1 Å². The second kappa shape index (κ2) is 8.17. The van der Waals surface area contributed by atoms with E-state index in [1.807, 2.05) is 0 Å². The minimum atomic E-state index is -3.04. The maximum absolute atomic E-state index is 13.8. The Morgan fingerprint density at radius 3 is 2.90 bits per heavy atom. The molecule has 8 N–H and O–H groups in total. The molecule has 1 amide bonds. The summed E-state index contributed by atoms with van der Waals surface area (Å²) in [6, 6.07) is 1.19. The molecular formula is C17H20F2N8OS. The third-order valence-corrected chi connectivity index (χ3v) is 5.48. The zero-order valence-corrected chi connectivity index (χ0v) is 16.0. The molecule has 3 rings (SSSR count). The van der Waals surface area contributed by atoms with Crippen molar-refractivity contribution in [2.75, 3.05) is 5.32 Å². The number of fused-ring (bicyclic) bond motifs is 1. The van der Waals surface area contributed by atoms with Crippen molar-refractivity contribution in [3.05, 3.63) is 23.7 Å². The highest BCUT2D eigenvalue weighted by Gasteiger charge is 2.44. The first kappa shape index (κ1) is 20.7. The number of alkyl halides is 2. The Morgan fingerprint density at radius 1 is 1.41 bits per heavy atom. The molecule has 1 fully saturated rings. The quantitative estimate of drug-likeness (QED) is 0.325. The highest BCUT2D eigenvalue weighted by molar-refractivity contribution is 7.17. The van der Waals surface area contributed by atoms with Gasteiger partial charge >= 0.3 is 0 Å². The first-order valence-electron chi connectivity index (χ1n) is 8.74. The molecule has 0 aliphatic heterocycles. The van der Waals surface area contributed by atoms with E-state index in [1.165, 1.54) is 11.3 Å². The number of aromatic nitrogens is 1. The van der Waals surface area contributed by atoms with E-state index in [-0.39, 0.29) is 18.7 Å². The van der Waals surface area contributed by atoms with Crippen LogP contribution in [0, 0.1) is 10.8 Å². The summed E-state index contributed by atoms with van der Waals surface area (Å²) in [4.78, 5) is 20.3. The number of guanidine groups is 1. The van der Waals surface area contributed by atoms with Crippen LogP contribution in [0.15, 0.2) is 28.7 Å². The first-order chi connectivity index (χ1) is 13.7. The number of amidine groups is 1. The minimum absolute atomic E-state index is 0.255. The Bertz CT molecular complexity index is 989. The molecule has 0 radical (unpaired) electrons. The van der Waals surface area contributed by atoms with E-state index < -0.39 is 35.6 Å². The predicted octanol–water partition coefficient (Wildman–Crippen LogP) is 1.65. The summed E-state index contributed by atoms with van der Waals surface area (Å²) >= 11 is 1.34. The molecule has 9 nitrogen and oxygen atoms in total. The van der Waals surface area contributed by atoms with Crippen molar-refractivity contribution in [3.8, 4) is 0 Å². The van der Waals surface area contributed by atoms with Gasteiger partial charge in [0.25, 0.3) is 11.8 Å². The predicted molar refractivity (Wildman–Crippen MR) is 109 cm³/mol. The fourth-order valence-corrected chi connectivity index (χ4v) is 3.88. The average molecular weight is 422 g/mol. The zero-order chi connectivity index (χ0) is 21.2. The number of pyridine rings is 1. The van der Waals surface area contributed by atoms with Crippen molar-refractivity contribution in [2.45, 2.75) is 37.3 Å². The Balaban J connectivity index is 1.82. The number of amides is 1. The van der Waals surface area contributed by atoms with Gasteiger partial charge in [0.2, 0.25) is 5.96 Å². The molecule has 29 heavy (non-hydrogen) atoms.